The molecule has 1 aliphatic carbocycles. The van der Waals surface area contributed by atoms with Crippen molar-refractivity contribution in [3.05, 3.63) is 69.2 Å². The van der Waals surface area contributed by atoms with Crippen LogP contribution in [0.3, 0.4) is 0 Å². The average Bonchev–Trinajstić information content (AvgIpc) is 2.44. The highest BCUT2D eigenvalue weighted by atomic mass is 35.5. The zero-order valence-corrected chi connectivity index (χ0v) is 10.8. The Labute approximate surface area is 118 Å². The second-order valence-electron chi connectivity index (χ2n) is 4.39. The molecule has 0 atom stereocenters. The number of carboxylic acid groups (broad SMARTS) is 1. The molecule has 0 bridgehead atoms. The van der Waals surface area contributed by atoms with Crippen molar-refractivity contribution < 1.29 is 19.5 Å². The van der Waals surface area contributed by atoms with E-state index in [1.54, 1.807) is 12.1 Å². The standard InChI is InChI=1S/C15H7ClO4/c16-11-3-1-2-9-12(11)14(18)8-5-4-7(15(19)20)6-10(8)13(9)17/h1-6H,(H,19,20). The summed E-state index contributed by atoms with van der Waals surface area (Å²) in [7, 11) is 0. The lowest BCUT2D eigenvalue weighted by molar-refractivity contribution is 0.0696. The molecule has 0 unspecified atom stereocenters. The molecule has 1 aliphatic rings. The normalized spacial score (nSPS) is 12.8. The second kappa shape index (κ2) is 4.28. The van der Waals surface area contributed by atoms with Crippen molar-refractivity contribution in [1.29, 1.82) is 0 Å². The van der Waals surface area contributed by atoms with Crippen LogP contribution in [-0.2, 0) is 0 Å². The van der Waals surface area contributed by atoms with Gasteiger partial charge in [0, 0.05) is 16.7 Å². The van der Waals surface area contributed by atoms with E-state index >= 15 is 0 Å². The van der Waals surface area contributed by atoms with Gasteiger partial charge in [0.1, 0.15) is 0 Å². The fourth-order valence-electron chi connectivity index (χ4n) is 2.29. The maximum Gasteiger partial charge on any atom is 0.335 e. The molecule has 0 amide bonds. The summed E-state index contributed by atoms with van der Waals surface area (Å²) in [6.45, 7) is 0. The molecule has 0 aliphatic heterocycles. The summed E-state index contributed by atoms with van der Waals surface area (Å²) < 4.78 is 0. The first kappa shape index (κ1) is 12.6. The summed E-state index contributed by atoms with van der Waals surface area (Å²) in [5.74, 6) is -1.90. The SMILES string of the molecule is O=C(O)c1ccc2c(c1)C(=O)c1cccc(Cl)c1C2=O. The first-order valence-electron chi connectivity index (χ1n) is 5.76. The van der Waals surface area contributed by atoms with Gasteiger partial charge in [0.15, 0.2) is 11.6 Å². The van der Waals surface area contributed by atoms with E-state index < -0.39 is 5.97 Å². The second-order valence-corrected chi connectivity index (χ2v) is 4.79. The third-order valence-corrected chi connectivity index (χ3v) is 3.56. The molecule has 2 aromatic carbocycles. The van der Waals surface area contributed by atoms with Crippen LogP contribution in [0.15, 0.2) is 36.4 Å². The van der Waals surface area contributed by atoms with E-state index in [1.807, 2.05) is 0 Å². The Morgan fingerprint density at radius 1 is 0.950 bits per heavy atom. The van der Waals surface area contributed by atoms with Crippen molar-refractivity contribution in [2.75, 3.05) is 0 Å². The molecule has 1 N–H and O–H groups in total. The smallest absolute Gasteiger partial charge is 0.335 e. The maximum absolute atomic E-state index is 12.4. The average molecular weight is 287 g/mol. The largest absolute Gasteiger partial charge is 0.478 e. The summed E-state index contributed by atoms with van der Waals surface area (Å²) >= 11 is 5.98. The molecule has 0 aromatic heterocycles. The van der Waals surface area contributed by atoms with Gasteiger partial charge < -0.3 is 5.11 Å². The molecular weight excluding hydrogens is 280 g/mol. The van der Waals surface area contributed by atoms with E-state index in [4.69, 9.17) is 16.7 Å². The van der Waals surface area contributed by atoms with Gasteiger partial charge in [-0.25, -0.2) is 4.79 Å². The van der Waals surface area contributed by atoms with E-state index in [1.165, 1.54) is 24.3 Å². The van der Waals surface area contributed by atoms with Gasteiger partial charge in [-0.05, 0) is 24.3 Å². The minimum atomic E-state index is -1.15. The fraction of sp³-hybridized carbons (Fsp3) is 0. The number of fused-ring (bicyclic) bond motifs is 2. The third-order valence-electron chi connectivity index (χ3n) is 3.24. The Balaban J connectivity index is 2.29. The van der Waals surface area contributed by atoms with Gasteiger partial charge in [0.05, 0.1) is 16.1 Å². The van der Waals surface area contributed by atoms with Crippen LogP contribution in [-0.4, -0.2) is 22.6 Å². The molecule has 98 valence electrons. The Morgan fingerprint density at radius 2 is 1.70 bits per heavy atom. The molecule has 0 saturated heterocycles. The Hall–Kier alpha value is -2.46. The van der Waals surface area contributed by atoms with E-state index in [2.05, 4.69) is 0 Å². The van der Waals surface area contributed by atoms with Crippen LogP contribution in [0, 0.1) is 0 Å². The number of carboxylic acids is 1. The van der Waals surface area contributed by atoms with Gasteiger partial charge >= 0.3 is 5.97 Å². The molecule has 0 fully saturated rings. The van der Waals surface area contributed by atoms with Gasteiger partial charge in [-0.3, -0.25) is 9.59 Å². The molecule has 3 rings (SSSR count). The van der Waals surface area contributed by atoms with Crippen molar-refractivity contribution in [3.8, 4) is 0 Å². The lowest BCUT2D eigenvalue weighted by Crippen LogP contribution is -2.21. The molecule has 0 radical (unpaired) electrons. The van der Waals surface area contributed by atoms with E-state index in [9.17, 15) is 14.4 Å². The van der Waals surface area contributed by atoms with Crippen LogP contribution in [0.5, 0.6) is 0 Å². The summed E-state index contributed by atoms with van der Waals surface area (Å²) in [5, 5.41) is 9.18. The zero-order chi connectivity index (χ0) is 14.4. The first-order valence-corrected chi connectivity index (χ1v) is 6.13. The third kappa shape index (κ3) is 1.66. The number of halogens is 1. The highest BCUT2D eigenvalue weighted by Gasteiger charge is 2.31. The topological polar surface area (TPSA) is 71.4 Å². The molecule has 20 heavy (non-hydrogen) atoms. The van der Waals surface area contributed by atoms with Gasteiger partial charge in [-0.2, -0.15) is 0 Å². The summed E-state index contributed by atoms with van der Waals surface area (Å²) in [5.41, 5.74) is 0.632. The Morgan fingerprint density at radius 3 is 2.40 bits per heavy atom. The number of carbonyl (C=O) groups is 3. The van der Waals surface area contributed by atoms with Gasteiger partial charge in [0.2, 0.25) is 0 Å². The van der Waals surface area contributed by atoms with Crippen molar-refractivity contribution in [2.24, 2.45) is 0 Å². The molecule has 0 saturated carbocycles. The minimum Gasteiger partial charge on any atom is -0.478 e. The van der Waals surface area contributed by atoms with Crippen LogP contribution < -0.4 is 0 Å². The number of rotatable bonds is 1. The predicted molar refractivity (Wildman–Crippen MR) is 71.7 cm³/mol. The molecule has 2 aromatic rings. The van der Waals surface area contributed by atoms with Crippen LogP contribution in [0.1, 0.15) is 42.2 Å². The van der Waals surface area contributed by atoms with E-state index in [0.717, 1.165) is 0 Å². The number of hydrogen-bond donors (Lipinski definition) is 1. The highest BCUT2D eigenvalue weighted by Crippen LogP contribution is 2.32. The number of aromatic carboxylic acids is 1. The van der Waals surface area contributed by atoms with Gasteiger partial charge in [0.25, 0.3) is 0 Å². The number of hydrogen-bond acceptors (Lipinski definition) is 3. The quantitative estimate of drug-likeness (QED) is 0.746. The highest BCUT2D eigenvalue weighted by molar-refractivity contribution is 6.39. The maximum atomic E-state index is 12.4. The minimum absolute atomic E-state index is 0.0321. The molecule has 0 spiro atoms. The predicted octanol–water partition coefficient (Wildman–Crippen LogP) is 2.81. The van der Waals surface area contributed by atoms with Crippen molar-refractivity contribution in [2.45, 2.75) is 0 Å². The summed E-state index contributed by atoms with van der Waals surface area (Å²) in [4.78, 5) is 35.7. The summed E-state index contributed by atoms with van der Waals surface area (Å²) in [6, 6.07) is 8.51. The monoisotopic (exact) mass is 286 g/mol. The number of ketones is 2. The van der Waals surface area contributed by atoms with Crippen molar-refractivity contribution in [1.82, 2.24) is 0 Å². The zero-order valence-electron chi connectivity index (χ0n) is 10.0. The van der Waals surface area contributed by atoms with Crippen LogP contribution in [0.4, 0.5) is 0 Å². The van der Waals surface area contributed by atoms with Crippen LogP contribution in [0.25, 0.3) is 0 Å². The number of carbonyl (C=O) groups excluding carboxylic acids is 2. The van der Waals surface area contributed by atoms with Crippen LogP contribution in [0.2, 0.25) is 5.02 Å². The lowest BCUT2D eigenvalue weighted by atomic mass is 9.83. The Bertz CT molecular complexity index is 792. The molecular formula is C15H7ClO4. The van der Waals surface area contributed by atoms with E-state index in [0.29, 0.717) is 0 Å². The van der Waals surface area contributed by atoms with Crippen molar-refractivity contribution >= 4 is 29.1 Å². The van der Waals surface area contributed by atoms with Crippen molar-refractivity contribution in [3.63, 3.8) is 0 Å². The van der Waals surface area contributed by atoms with Gasteiger partial charge in [-0.1, -0.05) is 23.7 Å². The summed E-state index contributed by atoms with van der Waals surface area (Å²) in [6.07, 6.45) is 0. The number of benzene rings is 2. The molecule has 5 heteroatoms. The fourth-order valence-corrected chi connectivity index (χ4v) is 2.55. The molecule has 0 heterocycles. The first-order chi connectivity index (χ1) is 9.50. The lowest BCUT2D eigenvalue weighted by Gasteiger charge is -2.18. The van der Waals surface area contributed by atoms with Gasteiger partial charge in [-0.15, -0.1) is 0 Å². The Kier molecular flexibility index (Phi) is 2.69. The van der Waals surface area contributed by atoms with E-state index in [-0.39, 0.29) is 44.4 Å². The van der Waals surface area contributed by atoms with Crippen LogP contribution >= 0.6 is 11.6 Å². The molecule has 4 nitrogen and oxygen atoms in total.